The number of halogens is 3. The second-order valence-electron chi connectivity index (χ2n) is 6.61. The molecular weight excluding hydrogens is 329 g/mol. The van der Waals surface area contributed by atoms with Crippen LogP contribution in [0.4, 0.5) is 13.2 Å². The van der Waals surface area contributed by atoms with Crippen molar-refractivity contribution in [1.29, 1.82) is 0 Å². The first kappa shape index (κ1) is 19.5. The third-order valence-corrected chi connectivity index (χ3v) is 4.56. The molecule has 25 heavy (non-hydrogen) atoms. The highest BCUT2D eigenvalue weighted by Crippen LogP contribution is 2.32. The zero-order chi connectivity index (χ0) is 18.4. The molecule has 1 N–H and O–H groups in total. The number of alkyl halides is 3. The lowest BCUT2D eigenvalue weighted by Gasteiger charge is -2.31. The molecule has 1 aromatic rings. The summed E-state index contributed by atoms with van der Waals surface area (Å²) in [6, 6.07) is 7.22. The van der Waals surface area contributed by atoms with Gasteiger partial charge in [0.05, 0.1) is 5.57 Å². The molecule has 0 unspecified atom stereocenters. The quantitative estimate of drug-likeness (QED) is 0.831. The van der Waals surface area contributed by atoms with Crippen LogP contribution < -0.4 is 5.32 Å². The molecule has 3 nitrogen and oxygen atoms in total. The first-order chi connectivity index (χ1) is 11.8. The van der Waals surface area contributed by atoms with E-state index < -0.39 is 11.7 Å². The van der Waals surface area contributed by atoms with Crippen molar-refractivity contribution in [1.82, 2.24) is 10.2 Å². The Morgan fingerprint density at radius 1 is 1.12 bits per heavy atom. The van der Waals surface area contributed by atoms with Crippen molar-refractivity contribution in [3.63, 3.8) is 0 Å². The molecule has 1 saturated carbocycles. The summed E-state index contributed by atoms with van der Waals surface area (Å²) in [5.74, 6) is 0. The van der Waals surface area contributed by atoms with E-state index in [2.05, 4.69) is 11.9 Å². The molecule has 2 fully saturated rings. The molecule has 1 heterocycles. The summed E-state index contributed by atoms with van der Waals surface area (Å²) in [5, 5.41) is 3.31. The lowest BCUT2D eigenvalue weighted by atomic mass is 10.1. The van der Waals surface area contributed by atoms with E-state index in [0.29, 0.717) is 12.1 Å². The fraction of sp³-hybridized carbons (Fsp3) is 0.526. The van der Waals surface area contributed by atoms with Crippen LogP contribution in [0, 0.1) is 6.92 Å². The van der Waals surface area contributed by atoms with Gasteiger partial charge >= 0.3 is 6.18 Å². The van der Waals surface area contributed by atoms with Gasteiger partial charge in [-0.15, -0.1) is 0 Å². The van der Waals surface area contributed by atoms with Crippen molar-refractivity contribution >= 4 is 12.0 Å². The zero-order valence-electron chi connectivity index (χ0n) is 14.5. The first-order valence-electron chi connectivity index (χ1n) is 8.59. The molecule has 0 spiro atoms. The molecule has 6 heteroatoms. The van der Waals surface area contributed by atoms with Crippen LogP contribution in [0.25, 0.3) is 5.57 Å². The van der Waals surface area contributed by atoms with Crippen LogP contribution in [0.3, 0.4) is 0 Å². The Hall–Kier alpha value is -1.82. The van der Waals surface area contributed by atoms with E-state index in [1.807, 2.05) is 11.8 Å². The van der Waals surface area contributed by atoms with Gasteiger partial charge in [-0.3, -0.25) is 4.79 Å². The largest absolute Gasteiger partial charge is 0.416 e. The minimum absolute atomic E-state index is 0.123. The van der Waals surface area contributed by atoms with E-state index in [4.69, 9.17) is 0 Å². The number of rotatable bonds is 4. The van der Waals surface area contributed by atoms with E-state index in [-0.39, 0.29) is 5.56 Å². The van der Waals surface area contributed by atoms with Gasteiger partial charge in [-0.25, -0.2) is 0 Å². The zero-order valence-corrected chi connectivity index (χ0v) is 14.5. The van der Waals surface area contributed by atoms with E-state index in [9.17, 15) is 18.0 Å². The number of benzene rings is 1. The van der Waals surface area contributed by atoms with Crippen LogP contribution >= 0.6 is 0 Å². The maximum Gasteiger partial charge on any atom is 0.416 e. The summed E-state index contributed by atoms with van der Waals surface area (Å²) in [5.41, 5.74) is 0.254. The van der Waals surface area contributed by atoms with Crippen LogP contribution in [0.2, 0.25) is 0 Å². The fourth-order valence-corrected chi connectivity index (χ4v) is 2.87. The highest BCUT2D eigenvalue weighted by molar-refractivity contribution is 5.67. The summed E-state index contributed by atoms with van der Waals surface area (Å²) in [4.78, 5) is 12.8. The molecule has 3 rings (SSSR count). The van der Waals surface area contributed by atoms with Gasteiger partial charge in [0.25, 0.3) is 0 Å². The van der Waals surface area contributed by atoms with Gasteiger partial charge in [-0.2, -0.15) is 13.2 Å². The van der Waals surface area contributed by atoms with Crippen molar-refractivity contribution in [2.45, 2.75) is 50.9 Å². The van der Waals surface area contributed by atoms with Crippen molar-refractivity contribution in [3.8, 4) is 0 Å². The minimum atomic E-state index is -4.34. The SMILES string of the molecule is C=C(c1ccc(C)cc1)C(F)(F)F.O=CN(C1CCNCC1)C1CC1. The molecule has 0 atom stereocenters. The summed E-state index contributed by atoms with van der Waals surface area (Å²) in [6.07, 6.45) is 1.43. The number of amides is 1. The monoisotopic (exact) mass is 354 g/mol. The lowest BCUT2D eigenvalue weighted by molar-refractivity contribution is -0.121. The Bertz CT molecular complexity index is 573. The molecule has 0 aromatic heterocycles. The van der Waals surface area contributed by atoms with Gasteiger partial charge in [-0.1, -0.05) is 36.4 Å². The number of piperidine rings is 1. The molecule has 138 valence electrons. The smallest absolute Gasteiger partial charge is 0.339 e. The van der Waals surface area contributed by atoms with Crippen molar-refractivity contribution in [2.75, 3.05) is 13.1 Å². The molecule has 1 aliphatic carbocycles. The summed E-state index contributed by atoms with van der Waals surface area (Å²) >= 11 is 0. The molecule has 1 aliphatic heterocycles. The average molecular weight is 354 g/mol. The summed E-state index contributed by atoms with van der Waals surface area (Å²) in [6.45, 7) is 6.96. The van der Waals surface area contributed by atoms with Crippen molar-refractivity contribution in [2.24, 2.45) is 0 Å². The Morgan fingerprint density at radius 3 is 2.08 bits per heavy atom. The predicted octanol–water partition coefficient (Wildman–Crippen LogP) is 3.93. The second kappa shape index (κ2) is 8.52. The molecule has 2 aliphatic rings. The van der Waals surface area contributed by atoms with Gasteiger partial charge in [0.2, 0.25) is 6.41 Å². The number of aryl methyl sites for hydroxylation is 1. The van der Waals surface area contributed by atoms with E-state index >= 15 is 0 Å². The number of hydrogen-bond acceptors (Lipinski definition) is 2. The Balaban J connectivity index is 0.000000181. The highest BCUT2D eigenvalue weighted by Gasteiger charge is 2.33. The van der Waals surface area contributed by atoms with Gasteiger partial charge in [0.1, 0.15) is 0 Å². The summed E-state index contributed by atoms with van der Waals surface area (Å²) < 4.78 is 36.4. The fourth-order valence-electron chi connectivity index (χ4n) is 2.87. The molecule has 0 bridgehead atoms. The molecule has 1 aromatic carbocycles. The number of carbonyl (C=O) groups excluding carboxylic acids is 1. The van der Waals surface area contributed by atoms with Gasteiger partial charge in [-0.05, 0) is 51.3 Å². The number of nitrogens with one attached hydrogen (secondary N) is 1. The normalized spacial score (nSPS) is 18.1. The topological polar surface area (TPSA) is 32.3 Å². The standard InChI is InChI=1S/C10H9F3.C9H16N2O/c1-7-3-5-9(6-4-7)8(2)10(11,12)13;12-7-11(8-1-2-8)9-3-5-10-6-4-9/h3-6H,2H2,1H3;7-10H,1-6H2. The van der Waals surface area contributed by atoms with E-state index in [0.717, 1.165) is 37.9 Å². The lowest BCUT2D eigenvalue weighted by Crippen LogP contribution is -2.43. The third-order valence-electron chi connectivity index (χ3n) is 4.56. The molecular formula is C19H25F3N2O. The second-order valence-corrected chi connectivity index (χ2v) is 6.61. The predicted molar refractivity (Wildman–Crippen MR) is 93.1 cm³/mol. The van der Waals surface area contributed by atoms with Gasteiger partial charge in [0, 0.05) is 12.1 Å². The Kier molecular flexibility index (Phi) is 6.64. The Morgan fingerprint density at radius 2 is 1.64 bits per heavy atom. The van der Waals surface area contributed by atoms with Gasteiger partial charge < -0.3 is 10.2 Å². The maximum absolute atomic E-state index is 12.1. The maximum atomic E-state index is 12.1. The number of nitrogens with zero attached hydrogens (tertiary/aromatic N) is 1. The van der Waals surface area contributed by atoms with E-state index in [1.54, 1.807) is 12.1 Å². The number of allylic oxidation sites excluding steroid dienone is 1. The average Bonchev–Trinajstić information content (AvgIpc) is 3.41. The van der Waals surface area contributed by atoms with Crippen molar-refractivity contribution in [3.05, 3.63) is 42.0 Å². The number of carbonyl (C=O) groups is 1. The minimum Gasteiger partial charge on any atom is -0.339 e. The Labute approximate surface area is 146 Å². The highest BCUT2D eigenvalue weighted by atomic mass is 19.4. The van der Waals surface area contributed by atoms with Crippen molar-refractivity contribution < 1.29 is 18.0 Å². The first-order valence-corrected chi connectivity index (χ1v) is 8.59. The molecule has 0 radical (unpaired) electrons. The van der Waals surface area contributed by atoms with Crippen LogP contribution in [0.5, 0.6) is 0 Å². The van der Waals surface area contributed by atoms with Crippen LogP contribution in [0.1, 0.15) is 36.8 Å². The molecule has 1 amide bonds. The van der Waals surface area contributed by atoms with Crippen LogP contribution in [-0.2, 0) is 4.79 Å². The molecule has 1 saturated heterocycles. The van der Waals surface area contributed by atoms with E-state index in [1.165, 1.54) is 25.0 Å². The van der Waals surface area contributed by atoms with Crippen LogP contribution in [0.15, 0.2) is 30.8 Å². The van der Waals surface area contributed by atoms with Gasteiger partial charge in [0.15, 0.2) is 0 Å². The van der Waals surface area contributed by atoms with Crippen LogP contribution in [-0.4, -0.2) is 42.7 Å². The number of hydrogen-bond donors (Lipinski definition) is 1. The third kappa shape index (κ3) is 5.88. The summed E-state index contributed by atoms with van der Waals surface area (Å²) in [7, 11) is 0.